The van der Waals surface area contributed by atoms with Crippen molar-refractivity contribution in [2.24, 2.45) is 0 Å². The molecule has 2 heteroatoms. The Bertz CT molecular complexity index is 323. The van der Waals surface area contributed by atoms with Crippen LogP contribution in [-0.2, 0) is 0 Å². The number of hydrogen-bond donors (Lipinski definition) is 0. The second-order valence-corrected chi connectivity index (χ2v) is 22.1. The molecular weight excluding hydrogens is 447 g/mol. The predicted molar refractivity (Wildman–Crippen MR) is 150 cm³/mol. The first kappa shape index (κ1) is 30.9. The zero-order valence-corrected chi connectivity index (χ0v) is 24.3. The Morgan fingerprint density at radius 1 is 0.367 bits per heavy atom. The fourth-order valence-electron chi connectivity index (χ4n) is 4.96. The van der Waals surface area contributed by atoms with Gasteiger partial charge < -0.3 is 0 Å². The SMILES string of the molecule is CCCCCCCCCCCCP(Br)(CC)(CC)CCCCCCCCCCCC. The summed E-state index contributed by atoms with van der Waals surface area (Å²) in [6.07, 6.45) is 35.0. The molecule has 0 N–H and O–H groups in total. The molecule has 0 rings (SSSR count). The average molecular weight is 508 g/mol. The van der Waals surface area contributed by atoms with E-state index < -0.39 is 5.31 Å². The standard InChI is InChI=1S/C28H60BrP/c1-5-9-11-13-15-17-19-21-23-25-27-30(29,7-3,8-4)28-26-24-22-20-18-16-14-12-10-6-2/h5-28H2,1-4H3. The first-order valence-electron chi connectivity index (χ1n) is 14.3. The van der Waals surface area contributed by atoms with Crippen LogP contribution >= 0.6 is 20.8 Å². The number of unbranched alkanes of at least 4 members (excludes halogenated alkanes) is 18. The van der Waals surface area contributed by atoms with Crippen molar-refractivity contribution in [1.82, 2.24) is 0 Å². The minimum atomic E-state index is -1.59. The maximum atomic E-state index is 4.46. The van der Waals surface area contributed by atoms with Crippen LogP contribution in [0.1, 0.15) is 156 Å². The first-order chi connectivity index (χ1) is 14.5. The summed E-state index contributed by atoms with van der Waals surface area (Å²) in [6.45, 7) is 9.57. The molecule has 0 saturated carbocycles. The van der Waals surface area contributed by atoms with Crippen LogP contribution < -0.4 is 0 Å². The molecule has 0 saturated heterocycles. The molecule has 184 valence electrons. The van der Waals surface area contributed by atoms with Gasteiger partial charge in [-0.05, 0) is 0 Å². The summed E-state index contributed by atoms with van der Waals surface area (Å²) in [5, 5.41) is -1.59. The molecule has 0 nitrogen and oxygen atoms in total. The van der Waals surface area contributed by atoms with E-state index in [0.29, 0.717) is 0 Å². The number of halogens is 1. The van der Waals surface area contributed by atoms with Crippen molar-refractivity contribution < 1.29 is 0 Å². The molecule has 0 aromatic heterocycles. The Labute approximate surface area is 201 Å². The second kappa shape index (κ2) is 20.5. The van der Waals surface area contributed by atoms with Gasteiger partial charge in [0, 0.05) is 0 Å². The fraction of sp³-hybridized carbons (Fsp3) is 1.00. The van der Waals surface area contributed by atoms with Crippen molar-refractivity contribution in [3.63, 3.8) is 0 Å². The normalized spacial score (nSPS) is 13.4. The van der Waals surface area contributed by atoms with Crippen molar-refractivity contribution in [2.75, 3.05) is 24.6 Å². The molecule has 0 aliphatic heterocycles. The minimum absolute atomic E-state index is 1.37. The van der Waals surface area contributed by atoms with Crippen LogP contribution in [0.25, 0.3) is 0 Å². The van der Waals surface area contributed by atoms with Crippen LogP contribution in [0.5, 0.6) is 0 Å². The van der Waals surface area contributed by atoms with Crippen molar-refractivity contribution in [3.05, 3.63) is 0 Å². The third kappa shape index (κ3) is 16.5. The Hall–Kier alpha value is 0.910. The van der Waals surface area contributed by atoms with Crippen molar-refractivity contribution in [2.45, 2.75) is 156 Å². The molecule has 0 fully saturated rings. The van der Waals surface area contributed by atoms with E-state index in [1.807, 2.05) is 0 Å². The summed E-state index contributed by atoms with van der Waals surface area (Å²) in [6, 6.07) is 0. The van der Waals surface area contributed by atoms with Gasteiger partial charge in [0.1, 0.15) is 0 Å². The van der Waals surface area contributed by atoms with E-state index in [4.69, 9.17) is 0 Å². The molecule has 0 aromatic carbocycles. The molecule has 0 aliphatic carbocycles. The van der Waals surface area contributed by atoms with Crippen LogP contribution in [0.15, 0.2) is 0 Å². The fourth-order valence-corrected chi connectivity index (χ4v) is 10.4. The van der Waals surface area contributed by atoms with Gasteiger partial charge >= 0.3 is 202 Å². The molecule has 0 aliphatic rings. The monoisotopic (exact) mass is 506 g/mol. The van der Waals surface area contributed by atoms with Gasteiger partial charge in [-0.2, -0.15) is 0 Å². The summed E-state index contributed by atoms with van der Waals surface area (Å²) in [4.78, 5) is 0. The van der Waals surface area contributed by atoms with Gasteiger partial charge in [-0.3, -0.25) is 0 Å². The van der Waals surface area contributed by atoms with E-state index >= 15 is 0 Å². The van der Waals surface area contributed by atoms with Crippen LogP contribution in [0.3, 0.4) is 0 Å². The Kier molecular flexibility index (Phi) is 21.1. The van der Waals surface area contributed by atoms with Gasteiger partial charge in [0.05, 0.1) is 0 Å². The molecule has 0 aromatic rings. The van der Waals surface area contributed by atoms with Crippen LogP contribution in [0.2, 0.25) is 0 Å². The Balaban J connectivity index is 3.84. The van der Waals surface area contributed by atoms with Gasteiger partial charge in [0.25, 0.3) is 0 Å². The molecule has 0 radical (unpaired) electrons. The van der Waals surface area contributed by atoms with Crippen LogP contribution in [-0.4, -0.2) is 24.6 Å². The van der Waals surface area contributed by atoms with Gasteiger partial charge in [0.2, 0.25) is 0 Å². The van der Waals surface area contributed by atoms with Crippen LogP contribution in [0, 0.1) is 0 Å². The number of hydrogen-bond acceptors (Lipinski definition) is 0. The van der Waals surface area contributed by atoms with E-state index in [0.717, 1.165) is 0 Å². The molecular formula is C28H60BrP. The van der Waals surface area contributed by atoms with E-state index in [9.17, 15) is 0 Å². The first-order valence-corrected chi connectivity index (χ1v) is 19.3. The Morgan fingerprint density at radius 3 is 0.833 bits per heavy atom. The molecule has 0 spiro atoms. The molecule has 0 amide bonds. The summed E-state index contributed by atoms with van der Waals surface area (Å²) in [7, 11) is 0. The summed E-state index contributed by atoms with van der Waals surface area (Å²) < 4.78 is 0. The summed E-state index contributed by atoms with van der Waals surface area (Å²) in [5.74, 6) is 0. The third-order valence-electron chi connectivity index (χ3n) is 7.72. The van der Waals surface area contributed by atoms with Gasteiger partial charge in [0.15, 0.2) is 0 Å². The van der Waals surface area contributed by atoms with E-state index in [1.54, 1.807) is 0 Å². The molecule has 30 heavy (non-hydrogen) atoms. The molecule has 0 atom stereocenters. The molecule has 0 bridgehead atoms. The average Bonchev–Trinajstić information content (AvgIpc) is 2.76. The van der Waals surface area contributed by atoms with Gasteiger partial charge in [-0.15, -0.1) is 0 Å². The zero-order chi connectivity index (χ0) is 22.4. The second-order valence-electron chi connectivity index (χ2n) is 10.3. The zero-order valence-electron chi connectivity index (χ0n) is 21.8. The van der Waals surface area contributed by atoms with E-state index in [1.165, 1.54) is 153 Å². The Morgan fingerprint density at radius 2 is 0.600 bits per heavy atom. The van der Waals surface area contributed by atoms with Crippen molar-refractivity contribution >= 4 is 20.8 Å². The molecule has 0 unspecified atom stereocenters. The number of rotatable bonds is 24. The summed E-state index contributed by atoms with van der Waals surface area (Å²) >= 11 is 4.46. The third-order valence-corrected chi connectivity index (χ3v) is 18.9. The van der Waals surface area contributed by atoms with E-state index in [-0.39, 0.29) is 0 Å². The van der Waals surface area contributed by atoms with Crippen molar-refractivity contribution in [3.8, 4) is 0 Å². The predicted octanol–water partition coefficient (Wildman–Crippen LogP) is 11.7. The quantitative estimate of drug-likeness (QED) is 0.0900. The van der Waals surface area contributed by atoms with Gasteiger partial charge in [-0.1, -0.05) is 0 Å². The van der Waals surface area contributed by atoms with Gasteiger partial charge in [-0.25, -0.2) is 0 Å². The van der Waals surface area contributed by atoms with Crippen LogP contribution in [0.4, 0.5) is 0 Å². The molecule has 0 heterocycles. The van der Waals surface area contributed by atoms with E-state index in [2.05, 4.69) is 43.2 Å². The topological polar surface area (TPSA) is 0 Å². The van der Waals surface area contributed by atoms with Crippen molar-refractivity contribution in [1.29, 1.82) is 0 Å². The summed E-state index contributed by atoms with van der Waals surface area (Å²) in [5.41, 5.74) is 0. The maximum absolute atomic E-state index is 4.46.